The van der Waals surface area contributed by atoms with E-state index in [-0.39, 0.29) is 6.54 Å². The third-order valence-corrected chi connectivity index (χ3v) is 1.94. The lowest BCUT2D eigenvalue weighted by atomic mass is 10.0. The Hall–Kier alpha value is -1.52. The van der Waals surface area contributed by atoms with Crippen molar-refractivity contribution < 1.29 is 19.2 Å². The number of hydrogen-bond acceptors (Lipinski definition) is 4. The van der Waals surface area contributed by atoms with Gasteiger partial charge in [-0.1, -0.05) is 0 Å². The Labute approximate surface area is 74.7 Å². The van der Waals surface area contributed by atoms with Gasteiger partial charge in [0, 0.05) is 6.92 Å². The lowest BCUT2D eigenvalue weighted by molar-refractivity contribution is -0.143. The van der Waals surface area contributed by atoms with Crippen molar-refractivity contribution in [2.45, 2.75) is 13.8 Å². The van der Waals surface area contributed by atoms with Gasteiger partial charge in [-0.15, -0.1) is 0 Å². The molecule has 13 heavy (non-hydrogen) atoms. The molecule has 1 aliphatic rings. The highest BCUT2D eigenvalue weighted by molar-refractivity contribution is 6.25. The van der Waals surface area contributed by atoms with E-state index in [2.05, 4.69) is 0 Å². The second kappa shape index (κ2) is 3.08. The van der Waals surface area contributed by atoms with E-state index in [4.69, 9.17) is 0 Å². The van der Waals surface area contributed by atoms with E-state index in [9.17, 15) is 19.2 Å². The Morgan fingerprint density at radius 2 is 1.85 bits per heavy atom. The first-order valence-electron chi connectivity index (χ1n) is 3.80. The molecular weight excluding hydrogens is 174 g/mol. The molecule has 5 nitrogen and oxygen atoms in total. The minimum Gasteiger partial charge on any atom is -0.299 e. The molecule has 0 spiro atoms. The van der Waals surface area contributed by atoms with Crippen LogP contribution in [0, 0.1) is 5.92 Å². The second-order valence-electron chi connectivity index (χ2n) is 2.95. The van der Waals surface area contributed by atoms with E-state index in [1.165, 1.54) is 13.8 Å². The van der Waals surface area contributed by atoms with Crippen LogP contribution in [0.5, 0.6) is 0 Å². The van der Waals surface area contributed by atoms with Crippen molar-refractivity contribution in [1.82, 2.24) is 4.90 Å². The second-order valence-corrected chi connectivity index (χ2v) is 2.95. The van der Waals surface area contributed by atoms with Crippen molar-refractivity contribution >= 4 is 23.4 Å². The van der Waals surface area contributed by atoms with Gasteiger partial charge in [0.2, 0.25) is 11.8 Å². The zero-order chi connectivity index (χ0) is 10.2. The lowest BCUT2D eigenvalue weighted by Crippen LogP contribution is -2.33. The van der Waals surface area contributed by atoms with E-state index in [1.807, 2.05) is 0 Å². The van der Waals surface area contributed by atoms with Crippen molar-refractivity contribution in [2.24, 2.45) is 5.92 Å². The largest absolute Gasteiger partial charge is 0.299 e. The molecular formula is C8H9NO4. The number of amides is 2. The molecule has 1 rings (SSSR count). The van der Waals surface area contributed by atoms with Crippen LogP contribution >= 0.6 is 0 Å². The Bertz CT molecular complexity index is 307. The molecule has 0 saturated carbocycles. The first-order valence-corrected chi connectivity index (χ1v) is 3.80. The topological polar surface area (TPSA) is 71.5 Å². The van der Waals surface area contributed by atoms with Crippen molar-refractivity contribution in [3.05, 3.63) is 0 Å². The molecule has 70 valence electrons. The maximum absolute atomic E-state index is 11.3. The van der Waals surface area contributed by atoms with Crippen molar-refractivity contribution in [3.63, 3.8) is 0 Å². The maximum Gasteiger partial charge on any atom is 0.247 e. The summed E-state index contributed by atoms with van der Waals surface area (Å²) in [6, 6.07) is 0. The van der Waals surface area contributed by atoms with Gasteiger partial charge in [-0.25, -0.2) is 0 Å². The zero-order valence-electron chi connectivity index (χ0n) is 7.36. The standard InChI is InChI=1S/C8H9NO4/c1-4(10)7-6(12)3-9(5(2)11)8(7)13/h7H,3H2,1-2H3. The first kappa shape index (κ1) is 9.57. The summed E-state index contributed by atoms with van der Waals surface area (Å²) in [5, 5.41) is 0. The van der Waals surface area contributed by atoms with E-state index >= 15 is 0 Å². The van der Waals surface area contributed by atoms with Crippen LogP contribution in [0.1, 0.15) is 13.8 Å². The minimum absolute atomic E-state index is 0.265. The fraction of sp³-hybridized carbons (Fsp3) is 0.500. The first-order chi connectivity index (χ1) is 5.95. The minimum atomic E-state index is -1.25. The van der Waals surface area contributed by atoms with Crippen LogP contribution in [-0.2, 0) is 19.2 Å². The van der Waals surface area contributed by atoms with Gasteiger partial charge in [0.25, 0.3) is 0 Å². The molecule has 1 fully saturated rings. The number of ketones is 2. The molecule has 1 heterocycles. The van der Waals surface area contributed by atoms with Crippen LogP contribution in [-0.4, -0.2) is 34.8 Å². The number of hydrogen-bond donors (Lipinski definition) is 0. The van der Waals surface area contributed by atoms with E-state index < -0.39 is 29.3 Å². The van der Waals surface area contributed by atoms with Crippen molar-refractivity contribution in [1.29, 1.82) is 0 Å². The predicted molar refractivity (Wildman–Crippen MR) is 41.6 cm³/mol. The monoisotopic (exact) mass is 183 g/mol. The molecule has 1 atom stereocenters. The SMILES string of the molecule is CC(=O)C1C(=O)CN(C(C)=O)C1=O. The number of rotatable bonds is 1. The number of carbonyl (C=O) groups excluding carboxylic acids is 4. The van der Waals surface area contributed by atoms with Crippen LogP contribution in [0.25, 0.3) is 0 Å². The number of nitrogens with zero attached hydrogens (tertiary/aromatic N) is 1. The normalized spacial score (nSPS) is 22.3. The smallest absolute Gasteiger partial charge is 0.247 e. The summed E-state index contributed by atoms with van der Waals surface area (Å²) < 4.78 is 0. The lowest BCUT2D eigenvalue weighted by Gasteiger charge is -2.08. The summed E-state index contributed by atoms with van der Waals surface area (Å²) in [6.45, 7) is 2.09. The highest BCUT2D eigenvalue weighted by Gasteiger charge is 2.43. The summed E-state index contributed by atoms with van der Waals surface area (Å²) in [5.41, 5.74) is 0. The van der Waals surface area contributed by atoms with Gasteiger partial charge in [-0.2, -0.15) is 0 Å². The van der Waals surface area contributed by atoms with Crippen LogP contribution in [0.15, 0.2) is 0 Å². The highest BCUT2D eigenvalue weighted by Crippen LogP contribution is 2.15. The molecule has 1 aliphatic heterocycles. The number of likely N-dealkylation sites (tertiary alicyclic amines) is 1. The molecule has 0 aromatic heterocycles. The van der Waals surface area contributed by atoms with Crippen molar-refractivity contribution in [2.75, 3.05) is 6.54 Å². The third-order valence-electron chi connectivity index (χ3n) is 1.94. The van der Waals surface area contributed by atoms with Gasteiger partial charge in [0.1, 0.15) is 5.78 Å². The quantitative estimate of drug-likeness (QED) is 0.496. The summed E-state index contributed by atoms with van der Waals surface area (Å²) in [7, 11) is 0. The van der Waals surface area contributed by atoms with Crippen LogP contribution in [0.4, 0.5) is 0 Å². The number of carbonyl (C=O) groups is 4. The Kier molecular flexibility index (Phi) is 2.27. The Balaban J connectivity index is 2.94. The maximum atomic E-state index is 11.3. The molecule has 1 saturated heterocycles. The van der Waals surface area contributed by atoms with Gasteiger partial charge >= 0.3 is 0 Å². The number of Topliss-reactive ketones (excluding diaryl/α,β-unsaturated/α-hetero) is 2. The predicted octanol–water partition coefficient (Wildman–Crippen LogP) is -0.851. The van der Waals surface area contributed by atoms with Crippen molar-refractivity contribution in [3.8, 4) is 0 Å². The molecule has 0 radical (unpaired) electrons. The highest BCUT2D eigenvalue weighted by atomic mass is 16.2. The summed E-state index contributed by atoms with van der Waals surface area (Å²) in [5.74, 6) is -3.43. The molecule has 0 aromatic rings. The zero-order valence-corrected chi connectivity index (χ0v) is 7.36. The average molecular weight is 183 g/mol. The molecule has 0 bridgehead atoms. The van der Waals surface area contributed by atoms with Gasteiger partial charge in [-0.3, -0.25) is 24.1 Å². The van der Waals surface area contributed by atoms with Crippen LogP contribution in [0.3, 0.4) is 0 Å². The Morgan fingerprint density at radius 1 is 1.31 bits per heavy atom. The average Bonchev–Trinajstić information content (AvgIpc) is 2.26. The molecule has 0 aromatic carbocycles. The third kappa shape index (κ3) is 1.49. The van der Waals surface area contributed by atoms with Crippen LogP contribution in [0.2, 0.25) is 0 Å². The number of imide groups is 1. The van der Waals surface area contributed by atoms with Gasteiger partial charge in [0.05, 0.1) is 6.54 Å². The summed E-state index contributed by atoms with van der Waals surface area (Å²) in [4.78, 5) is 44.8. The Morgan fingerprint density at radius 3 is 2.08 bits per heavy atom. The molecule has 2 amide bonds. The summed E-state index contributed by atoms with van der Waals surface area (Å²) >= 11 is 0. The van der Waals surface area contributed by atoms with Gasteiger partial charge in [0.15, 0.2) is 11.7 Å². The van der Waals surface area contributed by atoms with Gasteiger partial charge in [-0.05, 0) is 6.92 Å². The fourth-order valence-corrected chi connectivity index (χ4v) is 1.29. The summed E-state index contributed by atoms with van der Waals surface area (Å²) in [6.07, 6.45) is 0. The van der Waals surface area contributed by atoms with Crippen LogP contribution < -0.4 is 0 Å². The van der Waals surface area contributed by atoms with E-state index in [0.717, 1.165) is 4.90 Å². The van der Waals surface area contributed by atoms with Gasteiger partial charge < -0.3 is 0 Å². The molecule has 5 heteroatoms. The van der Waals surface area contributed by atoms with E-state index in [0.29, 0.717) is 0 Å². The fourth-order valence-electron chi connectivity index (χ4n) is 1.29. The molecule has 0 N–H and O–H groups in total. The molecule has 1 unspecified atom stereocenters. The van der Waals surface area contributed by atoms with E-state index in [1.54, 1.807) is 0 Å². The molecule has 0 aliphatic carbocycles.